The Morgan fingerprint density at radius 3 is 2.74 bits per heavy atom. The molecule has 0 unspecified atom stereocenters. The summed E-state index contributed by atoms with van der Waals surface area (Å²) in [6, 6.07) is 9.23. The lowest BCUT2D eigenvalue weighted by atomic mass is 10.2. The van der Waals surface area contributed by atoms with Gasteiger partial charge in [0, 0.05) is 37.5 Å². The Kier molecular flexibility index (Phi) is 5.87. The molecule has 3 aromatic rings. The van der Waals surface area contributed by atoms with E-state index in [0.717, 1.165) is 22.5 Å². The van der Waals surface area contributed by atoms with Gasteiger partial charge in [-0.3, -0.25) is 9.48 Å². The number of carbonyl (C=O) groups excluding carboxylic acids is 1. The summed E-state index contributed by atoms with van der Waals surface area (Å²) in [5, 5.41) is 6.93. The summed E-state index contributed by atoms with van der Waals surface area (Å²) in [6.45, 7) is 4.89. The van der Waals surface area contributed by atoms with E-state index in [1.807, 2.05) is 62.3 Å². The van der Waals surface area contributed by atoms with E-state index in [0.29, 0.717) is 28.8 Å². The lowest BCUT2D eigenvalue weighted by molar-refractivity contribution is 0.0789. The third-order valence-corrected chi connectivity index (χ3v) is 5.78. The van der Waals surface area contributed by atoms with Crippen molar-refractivity contribution in [3.05, 3.63) is 68.1 Å². The summed E-state index contributed by atoms with van der Waals surface area (Å²) in [7, 11) is 3.73. The van der Waals surface area contributed by atoms with Crippen LogP contribution in [-0.2, 0) is 20.2 Å². The van der Waals surface area contributed by atoms with Crippen LogP contribution in [0.5, 0.6) is 5.75 Å². The second-order valence-electron chi connectivity index (χ2n) is 6.47. The maximum absolute atomic E-state index is 12.8. The molecular formula is C20H22ClN3O2S. The number of halogens is 1. The maximum Gasteiger partial charge on any atom is 0.263 e. The van der Waals surface area contributed by atoms with Gasteiger partial charge in [0.15, 0.2) is 0 Å². The standard InChI is InChI=1S/C20H22ClN3O2S/c1-13-16(14(2)24(4)22-13)10-23(3)20(25)19-9-15(12-27-19)11-26-18-8-6-5-7-17(18)21/h5-9,12H,10-11H2,1-4H3. The number of ether oxygens (including phenoxy) is 1. The predicted molar refractivity (Wildman–Crippen MR) is 109 cm³/mol. The maximum atomic E-state index is 12.8. The van der Waals surface area contributed by atoms with E-state index < -0.39 is 0 Å². The fraction of sp³-hybridized carbons (Fsp3) is 0.300. The van der Waals surface area contributed by atoms with Crippen molar-refractivity contribution in [2.45, 2.75) is 27.0 Å². The molecule has 1 amide bonds. The van der Waals surface area contributed by atoms with Gasteiger partial charge in [-0.2, -0.15) is 5.10 Å². The highest BCUT2D eigenvalue weighted by Crippen LogP contribution is 2.25. The first-order valence-electron chi connectivity index (χ1n) is 8.56. The monoisotopic (exact) mass is 403 g/mol. The van der Waals surface area contributed by atoms with Gasteiger partial charge in [-0.25, -0.2) is 0 Å². The predicted octanol–water partition coefficient (Wildman–Crippen LogP) is 4.60. The number of benzene rings is 1. The van der Waals surface area contributed by atoms with Crippen molar-refractivity contribution in [1.82, 2.24) is 14.7 Å². The van der Waals surface area contributed by atoms with Gasteiger partial charge >= 0.3 is 0 Å². The number of amides is 1. The quantitative estimate of drug-likeness (QED) is 0.604. The fourth-order valence-electron chi connectivity index (χ4n) is 2.83. The van der Waals surface area contributed by atoms with Gasteiger partial charge in [0.2, 0.25) is 0 Å². The van der Waals surface area contributed by atoms with E-state index in [-0.39, 0.29) is 5.91 Å². The highest BCUT2D eigenvalue weighted by Gasteiger charge is 2.18. The molecule has 0 N–H and O–H groups in total. The molecule has 0 saturated heterocycles. The summed E-state index contributed by atoms with van der Waals surface area (Å²) in [5.41, 5.74) is 4.07. The van der Waals surface area contributed by atoms with Gasteiger partial charge in [-0.1, -0.05) is 23.7 Å². The van der Waals surface area contributed by atoms with Crippen LogP contribution in [0.4, 0.5) is 0 Å². The number of rotatable bonds is 6. The van der Waals surface area contributed by atoms with E-state index in [1.165, 1.54) is 11.3 Å². The summed E-state index contributed by atoms with van der Waals surface area (Å²) < 4.78 is 7.59. The zero-order valence-corrected chi connectivity index (χ0v) is 17.4. The van der Waals surface area contributed by atoms with E-state index in [9.17, 15) is 4.79 Å². The molecule has 0 aliphatic heterocycles. The van der Waals surface area contributed by atoms with E-state index in [4.69, 9.17) is 16.3 Å². The number of thiophene rings is 1. The van der Waals surface area contributed by atoms with E-state index in [1.54, 1.807) is 11.0 Å². The zero-order chi connectivity index (χ0) is 19.6. The van der Waals surface area contributed by atoms with Gasteiger partial charge in [0.25, 0.3) is 5.91 Å². The highest BCUT2D eigenvalue weighted by atomic mass is 35.5. The number of aromatic nitrogens is 2. The van der Waals surface area contributed by atoms with Crippen molar-refractivity contribution in [3.8, 4) is 5.75 Å². The normalized spacial score (nSPS) is 10.9. The molecule has 1 aromatic carbocycles. The minimum Gasteiger partial charge on any atom is -0.487 e. The van der Waals surface area contributed by atoms with E-state index >= 15 is 0 Å². The van der Waals surface area contributed by atoms with Gasteiger partial charge in [-0.05, 0) is 37.4 Å². The Balaban J connectivity index is 1.64. The summed E-state index contributed by atoms with van der Waals surface area (Å²) in [5.74, 6) is 0.629. The molecule has 0 bridgehead atoms. The van der Waals surface area contributed by atoms with Crippen LogP contribution >= 0.6 is 22.9 Å². The number of hydrogen-bond donors (Lipinski definition) is 0. The topological polar surface area (TPSA) is 47.4 Å². The average Bonchev–Trinajstić information content (AvgIpc) is 3.21. The Hall–Kier alpha value is -2.31. The number of hydrogen-bond acceptors (Lipinski definition) is 4. The Morgan fingerprint density at radius 2 is 2.07 bits per heavy atom. The number of carbonyl (C=O) groups is 1. The van der Waals surface area contributed by atoms with Crippen molar-refractivity contribution in [3.63, 3.8) is 0 Å². The first kappa shape index (κ1) is 19.5. The Morgan fingerprint density at radius 1 is 1.33 bits per heavy atom. The van der Waals surface area contributed by atoms with Crippen LogP contribution in [0.2, 0.25) is 5.02 Å². The molecule has 2 aromatic heterocycles. The molecule has 3 rings (SSSR count). The molecule has 0 atom stereocenters. The molecule has 5 nitrogen and oxygen atoms in total. The van der Waals surface area contributed by atoms with Gasteiger partial charge in [0.05, 0.1) is 15.6 Å². The molecule has 2 heterocycles. The van der Waals surface area contributed by atoms with Crippen LogP contribution < -0.4 is 4.74 Å². The number of nitrogens with zero attached hydrogens (tertiary/aromatic N) is 3. The Bertz CT molecular complexity index is 964. The molecule has 0 aliphatic carbocycles. The molecular weight excluding hydrogens is 382 g/mol. The molecule has 0 spiro atoms. The third kappa shape index (κ3) is 4.34. The fourth-order valence-corrected chi connectivity index (χ4v) is 3.91. The Labute approximate surface area is 168 Å². The van der Waals surface area contributed by atoms with Crippen molar-refractivity contribution < 1.29 is 9.53 Å². The second kappa shape index (κ2) is 8.15. The summed E-state index contributed by atoms with van der Waals surface area (Å²) in [4.78, 5) is 15.2. The molecule has 0 saturated carbocycles. The van der Waals surface area contributed by atoms with Crippen LogP contribution in [0, 0.1) is 13.8 Å². The van der Waals surface area contributed by atoms with Crippen molar-refractivity contribution >= 4 is 28.8 Å². The zero-order valence-electron chi connectivity index (χ0n) is 15.8. The van der Waals surface area contributed by atoms with Crippen molar-refractivity contribution in [1.29, 1.82) is 0 Å². The number of aryl methyl sites for hydroxylation is 2. The van der Waals surface area contributed by atoms with Gasteiger partial charge in [-0.15, -0.1) is 11.3 Å². The van der Waals surface area contributed by atoms with Crippen LogP contribution in [0.25, 0.3) is 0 Å². The SMILES string of the molecule is Cc1nn(C)c(C)c1CN(C)C(=O)c1cc(COc2ccccc2Cl)cs1. The molecule has 0 radical (unpaired) electrons. The third-order valence-electron chi connectivity index (χ3n) is 4.50. The molecule has 0 fully saturated rings. The van der Waals surface area contributed by atoms with Crippen molar-refractivity contribution in [2.24, 2.45) is 7.05 Å². The van der Waals surface area contributed by atoms with Crippen LogP contribution in [0.15, 0.2) is 35.7 Å². The second-order valence-corrected chi connectivity index (χ2v) is 7.79. The summed E-state index contributed by atoms with van der Waals surface area (Å²) >= 11 is 7.53. The van der Waals surface area contributed by atoms with Gasteiger partial charge < -0.3 is 9.64 Å². The minimum atomic E-state index is -0.00773. The first-order valence-corrected chi connectivity index (χ1v) is 9.82. The molecule has 27 heavy (non-hydrogen) atoms. The highest BCUT2D eigenvalue weighted by molar-refractivity contribution is 7.12. The minimum absolute atomic E-state index is 0.00773. The molecule has 7 heteroatoms. The first-order chi connectivity index (χ1) is 12.9. The average molecular weight is 404 g/mol. The van der Waals surface area contributed by atoms with Crippen LogP contribution in [0.3, 0.4) is 0 Å². The number of para-hydroxylation sites is 1. The van der Waals surface area contributed by atoms with Gasteiger partial charge in [0.1, 0.15) is 12.4 Å². The smallest absolute Gasteiger partial charge is 0.263 e. The molecule has 142 valence electrons. The lowest BCUT2D eigenvalue weighted by Crippen LogP contribution is -2.26. The lowest BCUT2D eigenvalue weighted by Gasteiger charge is -2.16. The summed E-state index contributed by atoms with van der Waals surface area (Å²) in [6.07, 6.45) is 0. The molecule has 0 aliphatic rings. The largest absolute Gasteiger partial charge is 0.487 e. The van der Waals surface area contributed by atoms with Crippen LogP contribution in [-0.4, -0.2) is 27.6 Å². The van der Waals surface area contributed by atoms with Crippen molar-refractivity contribution in [2.75, 3.05) is 7.05 Å². The van der Waals surface area contributed by atoms with Crippen LogP contribution in [0.1, 0.15) is 32.2 Å². The van der Waals surface area contributed by atoms with E-state index in [2.05, 4.69) is 5.10 Å².